The van der Waals surface area contributed by atoms with Crippen molar-refractivity contribution in [2.45, 2.75) is 25.7 Å². The normalized spacial score (nSPS) is 9.60. The second-order valence-electron chi connectivity index (χ2n) is 5.50. The zero-order valence-electron chi connectivity index (χ0n) is 20.6. The third-order valence-corrected chi connectivity index (χ3v) is 4.43. The number of carbonyl (C=O) groups excluding carboxylic acids is 2. The molecule has 0 bridgehead atoms. The van der Waals surface area contributed by atoms with Crippen LogP contribution in [0.1, 0.15) is 33.2 Å². The molecule has 5 nitrogen and oxygen atoms in total. The first-order chi connectivity index (χ1) is 13.8. The number of carbonyl (C=O) groups is 2. The predicted octanol–water partition coefficient (Wildman–Crippen LogP) is -1.50. The van der Waals surface area contributed by atoms with Crippen LogP contribution in [0.15, 0.2) is 33.7 Å². The van der Waals surface area contributed by atoms with E-state index < -0.39 is 0 Å². The molecule has 168 valence electrons. The molecule has 0 fully saturated rings. The fourth-order valence-electron chi connectivity index (χ4n) is 1.79. The molecule has 2 aromatic heterocycles. The van der Waals surface area contributed by atoms with Crippen molar-refractivity contribution in [2.75, 3.05) is 34.5 Å². The molecule has 0 aliphatic heterocycles. The summed E-state index contributed by atoms with van der Waals surface area (Å²) in [6.45, 7) is 5.46. The van der Waals surface area contributed by atoms with E-state index in [9.17, 15) is 9.59 Å². The molecule has 1 atom stereocenters. The molecule has 2 rings (SSSR count). The van der Waals surface area contributed by atoms with E-state index >= 15 is 0 Å². The van der Waals surface area contributed by atoms with Gasteiger partial charge in [0.15, 0.2) is 0 Å². The van der Waals surface area contributed by atoms with Crippen molar-refractivity contribution in [3.05, 3.63) is 44.8 Å². The number of esters is 2. The minimum absolute atomic E-state index is 0. The maximum Gasteiger partial charge on any atom is 1.00 e. The summed E-state index contributed by atoms with van der Waals surface area (Å²) in [6.07, 6.45) is 1.38. The molecule has 1 unspecified atom stereocenters. The van der Waals surface area contributed by atoms with Crippen molar-refractivity contribution in [2.24, 2.45) is 0 Å². The maximum absolute atomic E-state index is 11.2. The van der Waals surface area contributed by atoms with Crippen molar-refractivity contribution in [3.8, 4) is 0 Å². The summed E-state index contributed by atoms with van der Waals surface area (Å²) in [5, 5.41) is 7.85. The number of halogens is 1. The second-order valence-corrected chi connectivity index (χ2v) is 7.06. The molecular formula is C20H33ILiNO4S3. The number of rotatable bonds is 5. The summed E-state index contributed by atoms with van der Waals surface area (Å²) in [7, 11) is 6.60. The zero-order valence-corrected chi connectivity index (χ0v) is 23.3. The molecule has 0 spiro atoms. The number of hydrogen-bond acceptors (Lipinski definition) is 7. The molecule has 0 aliphatic carbocycles. The van der Waals surface area contributed by atoms with Gasteiger partial charge in [-0.3, -0.25) is 9.59 Å². The third-order valence-electron chi connectivity index (χ3n) is 3.00. The van der Waals surface area contributed by atoms with E-state index in [4.69, 9.17) is 6.11 Å². The molecule has 0 aliphatic rings. The number of hydrogen-bond donors (Lipinski definition) is 1. The standard InChI is InChI=1S/C9H12O2S.C7H8O2S.C3H8N.CH4S.HI.Li.H/c1-3-8(9(10)11-2)7-4-5-12-6-7;1-9-7(8)4-6-2-3-10-5-6;1-4(2)3;1-2;;;/h4-6,8H,3H2,1-2H3;2-3,5H,4H2,1H3;1H2,2-3H3;2H,1H3;1H;;/q;;+1;;;+1;-1/p-1/i;;;1D;;;. The first-order valence-corrected chi connectivity index (χ1v) is 10.8. The van der Waals surface area contributed by atoms with Crippen molar-refractivity contribution in [1.82, 2.24) is 0 Å². The van der Waals surface area contributed by atoms with Crippen LogP contribution in [-0.2, 0) is 25.5 Å². The van der Waals surface area contributed by atoms with Crippen molar-refractivity contribution in [1.29, 1.82) is 0 Å². The molecule has 0 amide bonds. The second kappa shape index (κ2) is 25.0. The summed E-state index contributed by atoms with van der Waals surface area (Å²) >= 11 is 6.64. The largest absolute Gasteiger partial charge is 1.00 e. The van der Waals surface area contributed by atoms with Gasteiger partial charge in [-0.2, -0.15) is 35.3 Å². The first kappa shape index (κ1) is 34.3. The van der Waals surface area contributed by atoms with Gasteiger partial charge in [-0.05, 0) is 57.4 Å². The molecule has 2 heterocycles. The van der Waals surface area contributed by atoms with Crippen LogP contribution < -0.4 is 42.8 Å². The van der Waals surface area contributed by atoms with Crippen LogP contribution in [0.25, 0.3) is 0 Å². The van der Waals surface area contributed by atoms with Crippen LogP contribution in [0.3, 0.4) is 0 Å². The van der Waals surface area contributed by atoms with E-state index in [-0.39, 0.29) is 68.4 Å². The van der Waals surface area contributed by atoms with Crippen LogP contribution in [0.5, 0.6) is 0 Å². The quantitative estimate of drug-likeness (QED) is 0.117. The number of thiophene rings is 2. The summed E-state index contributed by atoms with van der Waals surface area (Å²) in [5.41, 5.74) is 2.09. The smallest absolute Gasteiger partial charge is 1.00 e. The summed E-state index contributed by atoms with van der Waals surface area (Å²) < 4.78 is 17.0. The molecule has 0 radical (unpaired) electrons. The molecule has 0 N–H and O–H groups in total. The Hall–Kier alpha value is -0.313. The number of methoxy groups -OCH3 is 2. The van der Waals surface area contributed by atoms with E-state index in [0.29, 0.717) is 6.42 Å². The van der Waals surface area contributed by atoms with Crippen LogP contribution in [-0.4, -0.2) is 57.8 Å². The van der Waals surface area contributed by atoms with Crippen LogP contribution in [0.4, 0.5) is 0 Å². The van der Waals surface area contributed by atoms with E-state index in [1.165, 1.54) is 14.2 Å². The summed E-state index contributed by atoms with van der Waals surface area (Å²) in [6, 6.07) is 3.89. The Bertz CT molecular complexity index is 674. The Morgan fingerprint density at radius 3 is 2.07 bits per heavy atom. The Labute approximate surface area is 226 Å². The summed E-state index contributed by atoms with van der Waals surface area (Å²) in [5.74, 6) is -0.407. The average molecular weight is 583 g/mol. The van der Waals surface area contributed by atoms with Crippen LogP contribution in [0.2, 0.25) is 0 Å². The monoisotopic (exact) mass is 582 g/mol. The van der Waals surface area contributed by atoms with Gasteiger partial charge in [0.05, 0.1) is 26.6 Å². The van der Waals surface area contributed by atoms with Gasteiger partial charge < -0.3 is 34.9 Å². The predicted molar refractivity (Wildman–Crippen MR) is 125 cm³/mol. The minimum atomic E-state index is -0.182. The average Bonchev–Trinajstić information content (AvgIpc) is 3.37. The Balaban J connectivity index is -0.000000111. The number of ether oxygens (including phenoxy) is 2. The molecule has 10 heteroatoms. The van der Waals surface area contributed by atoms with E-state index in [2.05, 4.69) is 24.1 Å². The van der Waals surface area contributed by atoms with Gasteiger partial charge in [0.2, 0.25) is 0 Å². The van der Waals surface area contributed by atoms with Gasteiger partial charge in [-0.25, -0.2) is 4.58 Å². The topological polar surface area (TPSA) is 55.6 Å². The summed E-state index contributed by atoms with van der Waals surface area (Å²) in [4.78, 5) is 21.9. The number of thiol groups is 1. The van der Waals surface area contributed by atoms with Crippen molar-refractivity contribution < 1.29 is 69.3 Å². The van der Waals surface area contributed by atoms with Crippen LogP contribution in [0, 0.1) is 0 Å². The Morgan fingerprint density at radius 1 is 1.23 bits per heavy atom. The van der Waals surface area contributed by atoms with Gasteiger partial charge >= 0.3 is 30.8 Å². The fourth-order valence-corrected chi connectivity index (χ4v) is 3.17. The van der Waals surface area contributed by atoms with Crippen molar-refractivity contribution >= 4 is 54.0 Å². The SMILES string of the molecule is C=[N+](C)C.CCC(C(=O)OC)c1ccsc1.COC(=O)Cc1ccsc1.[2H]CS.[H-].[I-].[Li+]. The van der Waals surface area contributed by atoms with Crippen LogP contribution >= 0.6 is 35.3 Å². The van der Waals surface area contributed by atoms with Crippen molar-refractivity contribution in [3.63, 3.8) is 0 Å². The van der Waals surface area contributed by atoms with Gasteiger partial charge in [-0.15, -0.1) is 0 Å². The van der Waals surface area contributed by atoms with E-state index in [1.807, 2.05) is 54.7 Å². The Kier molecular flexibility index (Phi) is 28.5. The molecule has 0 aromatic carbocycles. The van der Waals surface area contributed by atoms with Gasteiger partial charge in [0.1, 0.15) is 20.8 Å². The minimum Gasteiger partial charge on any atom is -1.00 e. The molecule has 0 saturated heterocycles. The third kappa shape index (κ3) is 19.6. The van der Waals surface area contributed by atoms with E-state index in [0.717, 1.165) is 17.5 Å². The molecular weight excluding hydrogens is 548 g/mol. The number of nitrogens with zero attached hydrogens (tertiary/aromatic N) is 1. The molecule has 0 saturated carbocycles. The molecule has 30 heavy (non-hydrogen) atoms. The van der Waals surface area contributed by atoms with Gasteiger partial charge in [-0.1, -0.05) is 6.92 Å². The van der Waals surface area contributed by atoms with Gasteiger partial charge in [0.25, 0.3) is 0 Å². The zero-order chi connectivity index (χ0) is 22.7. The Morgan fingerprint density at radius 2 is 1.73 bits per heavy atom. The maximum atomic E-state index is 11.2. The molecule has 2 aromatic rings. The van der Waals surface area contributed by atoms with E-state index in [1.54, 1.807) is 27.2 Å². The fraction of sp³-hybridized carbons (Fsp3) is 0.450. The first-order valence-electron chi connectivity index (χ1n) is 9.03. The van der Waals surface area contributed by atoms with Gasteiger partial charge in [0, 0.05) is 1.37 Å².